The van der Waals surface area contributed by atoms with E-state index in [0.29, 0.717) is 0 Å². The summed E-state index contributed by atoms with van der Waals surface area (Å²) in [7, 11) is 1.54. The zero-order valence-corrected chi connectivity index (χ0v) is 21.5. The molecule has 0 aromatic heterocycles. The normalized spacial score (nSPS) is 12.4. The number of carbonyl (C=O) groups is 2. The number of rotatable bonds is 4. The molecule has 0 atom stereocenters. The van der Waals surface area contributed by atoms with Crippen LogP contribution in [0, 0.1) is 29.1 Å². The van der Waals surface area contributed by atoms with Crippen LogP contribution in [-0.4, -0.2) is 26.2 Å². The Labute approximate surface area is 234 Å². The minimum atomic E-state index is -5.20. The molecule has 0 unspecified atom stereocenters. The highest BCUT2D eigenvalue weighted by molar-refractivity contribution is 6.00. The molecule has 0 heterocycles. The Hall–Kier alpha value is -4.34. The standard InChI is InChI=1S/C27H16F12O4/c1-42-21(40)23(22(41)43-2,7-3-5-15-9-17(24(28,29)30)13-18(10-15)25(31,32)33)8-4-6-16-11-19(26(34,35)36)14-20(12-16)27(37,38)39/h9-14H,7-8H2,1-2H3. The number of benzene rings is 2. The molecule has 0 radical (unpaired) electrons. The molecule has 0 fully saturated rings. The van der Waals surface area contributed by atoms with Gasteiger partial charge in [-0.15, -0.1) is 0 Å². The lowest BCUT2D eigenvalue weighted by atomic mass is 9.81. The fraction of sp³-hybridized carbons (Fsp3) is 0.333. The van der Waals surface area contributed by atoms with E-state index in [1.165, 1.54) is 0 Å². The summed E-state index contributed by atoms with van der Waals surface area (Å²) in [6.07, 6.45) is -22.8. The Morgan fingerprint density at radius 2 is 0.791 bits per heavy atom. The minimum absolute atomic E-state index is 0.161. The quantitative estimate of drug-likeness (QED) is 0.154. The van der Waals surface area contributed by atoms with Crippen molar-refractivity contribution < 1.29 is 71.7 Å². The van der Waals surface area contributed by atoms with Crippen LogP contribution in [0.2, 0.25) is 0 Å². The Morgan fingerprint density at radius 1 is 0.535 bits per heavy atom. The van der Waals surface area contributed by atoms with Gasteiger partial charge in [0.05, 0.1) is 36.5 Å². The molecule has 0 aliphatic heterocycles. The van der Waals surface area contributed by atoms with Crippen molar-refractivity contribution in [1.82, 2.24) is 0 Å². The Balaban J connectivity index is 2.61. The van der Waals surface area contributed by atoms with E-state index in [0.717, 1.165) is 14.2 Å². The second-order valence-corrected chi connectivity index (χ2v) is 8.61. The van der Waals surface area contributed by atoms with E-state index >= 15 is 0 Å². The Bertz CT molecular complexity index is 1310. The lowest BCUT2D eigenvalue weighted by Gasteiger charge is -2.24. The molecule has 0 saturated heterocycles. The number of alkyl halides is 12. The molecule has 0 saturated carbocycles. The average Bonchev–Trinajstić information content (AvgIpc) is 2.89. The Kier molecular flexibility index (Phi) is 10.1. The average molecular weight is 632 g/mol. The van der Waals surface area contributed by atoms with Crippen molar-refractivity contribution in [3.05, 3.63) is 69.8 Å². The summed E-state index contributed by atoms with van der Waals surface area (Å²) in [6.45, 7) is 0. The highest BCUT2D eigenvalue weighted by atomic mass is 19.4. The van der Waals surface area contributed by atoms with Crippen molar-refractivity contribution in [1.29, 1.82) is 0 Å². The molecule has 4 nitrogen and oxygen atoms in total. The molecule has 0 aliphatic rings. The van der Waals surface area contributed by atoms with Crippen LogP contribution in [0.1, 0.15) is 46.2 Å². The summed E-state index contributed by atoms with van der Waals surface area (Å²) in [5, 5.41) is 0. The van der Waals surface area contributed by atoms with E-state index in [2.05, 4.69) is 21.3 Å². The summed E-state index contributed by atoms with van der Waals surface area (Å²) in [5.41, 5.74) is -11.0. The zero-order chi connectivity index (χ0) is 33.0. The molecule has 0 N–H and O–H groups in total. The number of hydrogen-bond donors (Lipinski definition) is 0. The van der Waals surface area contributed by atoms with E-state index in [1.54, 1.807) is 0 Å². The van der Waals surface area contributed by atoms with Crippen LogP contribution < -0.4 is 0 Å². The van der Waals surface area contributed by atoms with E-state index < -0.39 is 88.3 Å². The fourth-order valence-corrected chi connectivity index (χ4v) is 3.47. The van der Waals surface area contributed by atoms with Gasteiger partial charge in [0.15, 0.2) is 5.41 Å². The van der Waals surface area contributed by atoms with Gasteiger partial charge in [-0.2, -0.15) is 52.7 Å². The van der Waals surface area contributed by atoms with Gasteiger partial charge in [0.1, 0.15) is 0 Å². The first-order chi connectivity index (χ1) is 19.5. The summed E-state index contributed by atoms with van der Waals surface area (Å²) in [6, 6.07) is 0.757. The summed E-state index contributed by atoms with van der Waals surface area (Å²) in [4.78, 5) is 25.2. The molecule has 16 heteroatoms. The molecule has 2 aromatic rings. The van der Waals surface area contributed by atoms with Gasteiger partial charge in [-0.3, -0.25) is 9.59 Å². The zero-order valence-electron chi connectivity index (χ0n) is 21.5. The first-order valence-electron chi connectivity index (χ1n) is 11.3. The first kappa shape index (κ1) is 34.9. The number of ether oxygens (including phenoxy) is 2. The molecule has 232 valence electrons. The maximum Gasteiger partial charge on any atom is 0.416 e. The number of esters is 2. The predicted octanol–water partition coefficient (Wildman–Crippen LogP) is 7.28. The van der Waals surface area contributed by atoms with Crippen molar-refractivity contribution >= 4 is 11.9 Å². The van der Waals surface area contributed by atoms with Crippen LogP contribution in [0.25, 0.3) is 0 Å². The number of carbonyl (C=O) groups excluding carboxylic acids is 2. The van der Waals surface area contributed by atoms with Crippen molar-refractivity contribution in [2.45, 2.75) is 37.5 Å². The van der Waals surface area contributed by atoms with Gasteiger partial charge < -0.3 is 9.47 Å². The summed E-state index contributed by atoms with van der Waals surface area (Å²) < 4.78 is 167. The van der Waals surface area contributed by atoms with Gasteiger partial charge in [0.25, 0.3) is 0 Å². The van der Waals surface area contributed by atoms with Gasteiger partial charge in [0, 0.05) is 24.0 Å². The van der Waals surface area contributed by atoms with Crippen LogP contribution in [0.3, 0.4) is 0 Å². The van der Waals surface area contributed by atoms with Gasteiger partial charge in [0.2, 0.25) is 0 Å². The molecule has 43 heavy (non-hydrogen) atoms. The van der Waals surface area contributed by atoms with E-state index in [9.17, 15) is 62.3 Å². The Morgan fingerprint density at radius 3 is 1.00 bits per heavy atom. The third kappa shape index (κ3) is 8.83. The molecular formula is C27H16F12O4. The first-order valence-corrected chi connectivity index (χ1v) is 11.3. The number of halogens is 12. The summed E-state index contributed by atoms with van der Waals surface area (Å²) in [5.74, 6) is 5.27. The van der Waals surface area contributed by atoms with Crippen molar-refractivity contribution in [3.63, 3.8) is 0 Å². The maximum atomic E-state index is 13.1. The number of hydrogen-bond acceptors (Lipinski definition) is 4. The van der Waals surface area contributed by atoms with Crippen LogP contribution in [-0.2, 0) is 43.8 Å². The van der Waals surface area contributed by atoms with Crippen LogP contribution >= 0.6 is 0 Å². The predicted molar refractivity (Wildman–Crippen MR) is 122 cm³/mol. The second-order valence-electron chi connectivity index (χ2n) is 8.61. The van der Waals surface area contributed by atoms with E-state index in [1.807, 2.05) is 11.8 Å². The fourth-order valence-electron chi connectivity index (χ4n) is 3.47. The summed E-state index contributed by atoms with van der Waals surface area (Å²) >= 11 is 0. The molecule has 0 spiro atoms. The van der Waals surface area contributed by atoms with E-state index in [4.69, 9.17) is 0 Å². The smallest absolute Gasteiger partial charge is 0.416 e. The van der Waals surface area contributed by atoms with Gasteiger partial charge in [-0.25, -0.2) is 0 Å². The van der Waals surface area contributed by atoms with Crippen LogP contribution in [0.15, 0.2) is 36.4 Å². The van der Waals surface area contributed by atoms with Crippen molar-refractivity contribution in [3.8, 4) is 23.7 Å². The van der Waals surface area contributed by atoms with Crippen LogP contribution in [0.5, 0.6) is 0 Å². The highest BCUT2D eigenvalue weighted by Gasteiger charge is 2.47. The van der Waals surface area contributed by atoms with Gasteiger partial charge >= 0.3 is 36.6 Å². The SMILES string of the molecule is COC(=O)C(CC#Cc1cc(C(F)(F)F)cc(C(F)(F)F)c1)(CC#Cc1cc(C(F)(F)F)cc(C(F)(F)F)c1)C(=O)OC. The lowest BCUT2D eigenvalue weighted by molar-refractivity contribution is -0.168. The molecule has 2 aromatic carbocycles. The third-order valence-electron chi connectivity index (χ3n) is 5.57. The van der Waals surface area contributed by atoms with Crippen molar-refractivity contribution in [2.75, 3.05) is 14.2 Å². The minimum Gasteiger partial charge on any atom is -0.468 e. The second kappa shape index (κ2) is 12.5. The largest absolute Gasteiger partial charge is 0.468 e. The molecule has 0 amide bonds. The van der Waals surface area contributed by atoms with E-state index in [-0.39, 0.29) is 36.4 Å². The van der Waals surface area contributed by atoms with Crippen LogP contribution in [0.4, 0.5) is 52.7 Å². The molecule has 0 aliphatic carbocycles. The topological polar surface area (TPSA) is 52.6 Å². The lowest BCUT2D eigenvalue weighted by Crippen LogP contribution is -2.40. The van der Waals surface area contributed by atoms with Gasteiger partial charge in [-0.1, -0.05) is 23.7 Å². The van der Waals surface area contributed by atoms with Gasteiger partial charge in [-0.05, 0) is 36.4 Å². The molecule has 0 bridgehead atoms. The third-order valence-corrected chi connectivity index (χ3v) is 5.57. The monoisotopic (exact) mass is 632 g/mol. The van der Waals surface area contributed by atoms with Crippen molar-refractivity contribution in [2.24, 2.45) is 5.41 Å². The molecule has 2 rings (SSSR count). The molecular weight excluding hydrogens is 616 g/mol. The maximum absolute atomic E-state index is 13.1. The number of methoxy groups -OCH3 is 2. The highest BCUT2D eigenvalue weighted by Crippen LogP contribution is 2.38.